The average molecular weight is 504 g/mol. The number of carbonyl (C=O) groups excluding carboxylic acids is 1. The Morgan fingerprint density at radius 3 is 1.71 bits per heavy atom. The lowest BCUT2D eigenvalue weighted by molar-refractivity contribution is -0.123. The first kappa shape index (κ1) is 25.5. The largest absolute Gasteiger partial charge is 0.344 e. The Balaban J connectivity index is 1.25. The van der Waals surface area contributed by atoms with Gasteiger partial charge < -0.3 is 15.1 Å². The number of carbonyl (C=O) groups is 1. The van der Waals surface area contributed by atoms with Crippen LogP contribution in [-0.2, 0) is 4.79 Å². The van der Waals surface area contributed by atoms with Crippen LogP contribution in [0.2, 0.25) is 10.0 Å². The minimum atomic E-state index is -0.238. The molecule has 0 spiro atoms. The Morgan fingerprint density at radius 2 is 1.18 bits per heavy atom. The van der Waals surface area contributed by atoms with Crippen LogP contribution in [0.5, 0.6) is 0 Å². The van der Waals surface area contributed by atoms with Crippen molar-refractivity contribution in [2.45, 2.75) is 31.7 Å². The maximum atomic E-state index is 13.0. The van der Waals surface area contributed by atoms with Crippen molar-refractivity contribution < 1.29 is 4.79 Å². The van der Waals surface area contributed by atoms with Crippen molar-refractivity contribution in [3.8, 4) is 0 Å². The number of halogens is 2. The van der Waals surface area contributed by atoms with Crippen LogP contribution >= 0.6 is 23.2 Å². The highest BCUT2D eigenvalue weighted by Crippen LogP contribution is 2.25. The molecule has 34 heavy (non-hydrogen) atoms. The summed E-state index contributed by atoms with van der Waals surface area (Å²) in [7, 11) is 0. The van der Waals surface area contributed by atoms with Gasteiger partial charge in [-0.3, -0.25) is 9.69 Å². The number of likely N-dealkylation sites (tertiary alicyclic amines) is 1. The van der Waals surface area contributed by atoms with Gasteiger partial charge in [0.25, 0.3) is 0 Å². The van der Waals surface area contributed by atoms with Gasteiger partial charge in [0.15, 0.2) is 0 Å². The molecule has 1 amide bonds. The topological polar surface area (TPSA) is 38.8 Å². The van der Waals surface area contributed by atoms with Gasteiger partial charge in [-0.25, -0.2) is 0 Å². The van der Waals surface area contributed by atoms with Crippen LogP contribution in [-0.4, -0.2) is 79.5 Å². The molecule has 2 heterocycles. The van der Waals surface area contributed by atoms with Gasteiger partial charge in [0, 0.05) is 36.2 Å². The van der Waals surface area contributed by atoms with Crippen molar-refractivity contribution in [2.24, 2.45) is 0 Å². The second-order valence-electron chi connectivity index (χ2n) is 9.48. The van der Waals surface area contributed by atoms with E-state index >= 15 is 0 Å². The number of piperidine rings is 1. The van der Waals surface area contributed by atoms with Gasteiger partial charge in [0.1, 0.15) is 0 Å². The van der Waals surface area contributed by atoms with Crippen LogP contribution in [0.3, 0.4) is 0 Å². The summed E-state index contributed by atoms with van der Waals surface area (Å²) in [4.78, 5) is 20.4. The molecule has 2 fully saturated rings. The van der Waals surface area contributed by atoms with E-state index in [0.29, 0.717) is 16.6 Å². The van der Waals surface area contributed by atoms with Crippen molar-refractivity contribution >= 4 is 29.1 Å². The van der Waals surface area contributed by atoms with Crippen LogP contribution in [0.25, 0.3) is 0 Å². The number of benzene rings is 2. The van der Waals surface area contributed by atoms with Crippen LogP contribution in [0.1, 0.15) is 42.9 Å². The first-order valence-corrected chi connectivity index (χ1v) is 13.3. The highest BCUT2D eigenvalue weighted by molar-refractivity contribution is 6.30. The second-order valence-corrected chi connectivity index (χ2v) is 10.4. The lowest BCUT2D eigenvalue weighted by Gasteiger charge is -2.35. The molecule has 0 bridgehead atoms. The van der Waals surface area contributed by atoms with Gasteiger partial charge in [0.2, 0.25) is 5.91 Å². The van der Waals surface area contributed by atoms with Gasteiger partial charge >= 0.3 is 0 Å². The van der Waals surface area contributed by atoms with Crippen LogP contribution in [0, 0.1) is 0 Å². The molecule has 0 aliphatic carbocycles. The average Bonchev–Trinajstić information content (AvgIpc) is 2.86. The van der Waals surface area contributed by atoms with Gasteiger partial charge in [-0.1, -0.05) is 53.9 Å². The molecule has 0 atom stereocenters. The third-order valence-electron chi connectivity index (χ3n) is 6.94. The summed E-state index contributed by atoms with van der Waals surface area (Å²) in [5.41, 5.74) is 2.00. The quantitative estimate of drug-likeness (QED) is 0.539. The van der Waals surface area contributed by atoms with Gasteiger partial charge in [-0.15, -0.1) is 0 Å². The Bertz CT molecular complexity index is 846. The third kappa shape index (κ3) is 7.69. The number of nitrogens with one attached hydrogen (secondary N) is 1. The van der Waals surface area contributed by atoms with Gasteiger partial charge in [0.05, 0.1) is 12.6 Å². The van der Waals surface area contributed by atoms with E-state index in [2.05, 4.69) is 20.0 Å². The number of amides is 1. The fourth-order valence-corrected chi connectivity index (χ4v) is 5.20. The lowest BCUT2D eigenvalue weighted by Crippen LogP contribution is -2.50. The molecule has 2 aliphatic rings. The maximum Gasteiger partial charge on any atom is 0.234 e. The van der Waals surface area contributed by atoms with E-state index in [1.54, 1.807) is 0 Å². The lowest BCUT2D eigenvalue weighted by atomic mass is 9.98. The maximum absolute atomic E-state index is 13.0. The van der Waals surface area contributed by atoms with E-state index in [4.69, 9.17) is 23.2 Å². The molecule has 2 saturated heterocycles. The van der Waals surface area contributed by atoms with Crippen molar-refractivity contribution in [3.63, 3.8) is 0 Å². The van der Waals surface area contributed by atoms with Crippen molar-refractivity contribution in [2.75, 3.05) is 58.9 Å². The number of hydrogen-bond donors (Lipinski definition) is 1. The van der Waals surface area contributed by atoms with E-state index in [1.165, 1.54) is 45.3 Å². The SMILES string of the molecule is O=C(CN1CCN(CCCN2CCCCC2)CC1)NC(c1ccc(Cl)cc1)c1ccc(Cl)cc1. The zero-order valence-corrected chi connectivity index (χ0v) is 21.4. The molecular weight excluding hydrogens is 467 g/mol. The van der Waals surface area contributed by atoms with Crippen LogP contribution in [0.4, 0.5) is 0 Å². The third-order valence-corrected chi connectivity index (χ3v) is 7.45. The first-order chi connectivity index (χ1) is 16.6. The number of nitrogens with zero attached hydrogens (tertiary/aromatic N) is 3. The standard InChI is InChI=1S/C27H36Cl2N4O/c28-24-9-5-22(6-10-24)27(23-7-11-25(29)12-8-23)30-26(34)21-33-19-17-32(18-20-33)16-4-15-31-13-2-1-3-14-31/h5-12,27H,1-4,13-21H2,(H,30,34). The molecule has 0 saturated carbocycles. The van der Waals surface area contributed by atoms with Crippen LogP contribution in [0.15, 0.2) is 48.5 Å². The molecule has 1 N–H and O–H groups in total. The zero-order valence-electron chi connectivity index (χ0n) is 19.9. The predicted molar refractivity (Wildman–Crippen MR) is 141 cm³/mol. The molecule has 2 aliphatic heterocycles. The molecule has 5 nitrogen and oxygen atoms in total. The molecule has 2 aromatic rings. The fraction of sp³-hybridized carbons (Fsp3) is 0.519. The summed E-state index contributed by atoms with van der Waals surface area (Å²) in [5, 5.41) is 4.59. The number of piperazine rings is 1. The molecule has 0 radical (unpaired) electrons. The Kier molecular flexibility index (Phi) is 9.66. The Morgan fingerprint density at radius 1 is 0.706 bits per heavy atom. The fourth-order valence-electron chi connectivity index (χ4n) is 4.95. The minimum absolute atomic E-state index is 0.0356. The zero-order chi connectivity index (χ0) is 23.8. The normalized spacial score (nSPS) is 18.3. The Hall–Kier alpha value is -1.63. The first-order valence-electron chi connectivity index (χ1n) is 12.5. The van der Waals surface area contributed by atoms with E-state index in [9.17, 15) is 4.79 Å². The molecule has 0 unspecified atom stereocenters. The van der Waals surface area contributed by atoms with Gasteiger partial charge in [-0.2, -0.15) is 0 Å². The summed E-state index contributed by atoms with van der Waals surface area (Å²) in [6.07, 6.45) is 5.35. The van der Waals surface area contributed by atoms with E-state index in [-0.39, 0.29) is 11.9 Å². The Labute approximate surface area is 214 Å². The monoisotopic (exact) mass is 502 g/mol. The van der Waals surface area contributed by atoms with E-state index in [0.717, 1.165) is 43.9 Å². The summed E-state index contributed by atoms with van der Waals surface area (Å²) < 4.78 is 0. The molecule has 2 aromatic carbocycles. The number of hydrogen-bond acceptors (Lipinski definition) is 4. The molecule has 4 rings (SSSR count). The van der Waals surface area contributed by atoms with Crippen molar-refractivity contribution in [1.29, 1.82) is 0 Å². The van der Waals surface area contributed by atoms with Gasteiger partial charge in [-0.05, 0) is 80.8 Å². The highest BCUT2D eigenvalue weighted by atomic mass is 35.5. The predicted octanol–water partition coefficient (Wildman–Crippen LogP) is 4.69. The molecule has 184 valence electrons. The molecular formula is C27H36Cl2N4O. The van der Waals surface area contributed by atoms with E-state index < -0.39 is 0 Å². The molecule has 7 heteroatoms. The smallest absolute Gasteiger partial charge is 0.234 e. The van der Waals surface area contributed by atoms with Crippen molar-refractivity contribution in [1.82, 2.24) is 20.0 Å². The second kappa shape index (κ2) is 12.9. The molecule has 0 aromatic heterocycles. The highest BCUT2D eigenvalue weighted by Gasteiger charge is 2.22. The summed E-state index contributed by atoms with van der Waals surface area (Å²) in [6.45, 7) is 9.28. The van der Waals surface area contributed by atoms with Crippen LogP contribution < -0.4 is 5.32 Å². The minimum Gasteiger partial charge on any atom is -0.344 e. The number of rotatable bonds is 9. The summed E-state index contributed by atoms with van der Waals surface area (Å²) >= 11 is 12.2. The summed E-state index contributed by atoms with van der Waals surface area (Å²) in [5.74, 6) is 0.0356. The summed E-state index contributed by atoms with van der Waals surface area (Å²) in [6, 6.07) is 15.0. The van der Waals surface area contributed by atoms with E-state index in [1.807, 2.05) is 48.5 Å². The van der Waals surface area contributed by atoms with Crippen molar-refractivity contribution in [3.05, 3.63) is 69.7 Å².